The quantitative estimate of drug-likeness (QED) is 0.737. The number of ether oxygens (including phenoxy) is 1. The number of hydrogen-bond donors (Lipinski definition) is 0. The van der Waals surface area contributed by atoms with Crippen LogP contribution in [0.25, 0.3) is 0 Å². The van der Waals surface area contributed by atoms with E-state index in [1.54, 1.807) is 4.90 Å². The van der Waals surface area contributed by atoms with Gasteiger partial charge in [-0.3, -0.25) is 0 Å². The molecule has 2 heterocycles. The summed E-state index contributed by atoms with van der Waals surface area (Å²) in [6.07, 6.45) is 2.36. The first-order valence-corrected chi connectivity index (χ1v) is 9.26. The Labute approximate surface area is 146 Å². The summed E-state index contributed by atoms with van der Waals surface area (Å²) in [5, 5.41) is 0. The normalized spacial score (nSPS) is 31.8. The minimum atomic E-state index is -0.456. The first-order valence-electron chi connectivity index (χ1n) is 9.26. The lowest BCUT2D eigenvalue weighted by atomic mass is 9.67. The van der Waals surface area contributed by atoms with Crippen molar-refractivity contribution in [3.05, 3.63) is 0 Å². The molecule has 0 radical (unpaired) electrons. The maximum atomic E-state index is 12.1. The molecule has 136 valence electrons. The number of carbonyl (C=O) groups excluding carboxylic acids is 1. The van der Waals surface area contributed by atoms with Crippen molar-refractivity contribution < 1.29 is 18.8 Å². The molecule has 3 aliphatic rings. The van der Waals surface area contributed by atoms with Crippen LogP contribution in [0.15, 0.2) is 0 Å². The Bertz CT molecular complexity index is 508. The van der Waals surface area contributed by atoms with Gasteiger partial charge in [0.2, 0.25) is 0 Å². The molecule has 0 spiro atoms. The van der Waals surface area contributed by atoms with Crippen LogP contribution in [-0.4, -0.2) is 48.0 Å². The topological polar surface area (TPSA) is 48.0 Å². The van der Waals surface area contributed by atoms with E-state index in [9.17, 15) is 4.79 Å². The van der Waals surface area contributed by atoms with Gasteiger partial charge in [-0.2, -0.15) is 0 Å². The molecule has 1 saturated carbocycles. The van der Waals surface area contributed by atoms with E-state index in [0.29, 0.717) is 19.0 Å². The maximum absolute atomic E-state index is 12.1. The van der Waals surface area contributed by atoms with Crippen LogP contribution in [0.5, 0.6) is 0 Å². The summed E-state index contributed by atoms with van der Waals surface area (Å²) in [6, 6.07) is 0. The average Bonchev–Trinajstić information content (AvgIpc) is 3.13. The van der Waals surface area contributed by atoms with Crippen LogP contribution in [0.1, 0.15) is 61.3 Å². The molecule has 0 aromatic rings. The molecule has 0 bridgehead atoms. The molecule has 0 N–H and O–H groups in total. The van der Waals surface area contributed by atoms with Crippen LogP contribution >= 0.6 is 0 Å². The van der Waals surface area contributed by atoms with Gasteiger partial charge < -0.3 is 18.9 Å². The molecule has 1 aliphatic carbocycles. The summed E-state index contributed by atoms with van der Waals surface area (Å²) in [5.41, 5.74) is -1.04. The number of rotatable bonds is 3. The highest BCUT2D eigenvalue weighted by Crippen LogP contribution is 2.52. The van der Waals surface area contributed by atoms with Gasteiger partial charge in [-0.1, -0.05) is 6.92 Å². The largest absolute Gasteiger partial charge is 0.464 e. The van der Waals surface area contributed by atoms with Gasteiger partial charge in [0.15, 0.2) is 0 Å². The third-order valence-electron chi connectivity index (χ3n) is 6.11. The second-order valence-corrected chi connectivity index (χ2v) is 9.49. The van der Waals surface area contributed by atoms with Crippen molar-refractivity contribution in [1.29, 1.82) is 0 Å². The highest BCUT2D eigenvalue weighted by Gasteiger charge is 2.62. The zero-order chi connectivity index (χ0) is 17.9. The molecule has 5 nitrogen and oxygen atoms in total. The third-order valence-corrected chi connectivity index (χ3v) is 6.11. The summed E-state index contributed by atoms with van der Waals surface area (Å²) in [6.45, 7) is 15.7. The lowest BCUT2D eigenvalue weighted by Crippen LogP contribution is -2.54. The Balaban J connectivity index is 1.57. The summed E-state index contributed by atoms with van der Waals surface area (Å²) >= 11 is 0. The van der Waals surface area contributed by atoms with Crippen molar-refractivity contribution in [2.45, 2.75) is 83.9 Å². The Morgan fingerprint density at radius 3 is 2.29 bits per heavy atom. The van der Waals surface area contributed by atoms with Gasteiger partial charge in [0, 0.05) is 18.9 Å². The van der Waals surface area contributed by atoms with E-state index < -0.39 is 5.60 Å². The minimum absolute atomic E-state index is 0.227. The van der Waals surface area contributed by atoms with Crippen LogP contribution in [0.3, 0.4) is 0 Å². The monoisotopic (exact) mass is 337 g/mol. The lowest BCUT2D eigenvalue weighted by molar-refractivity contribution is -0.0556. The van der Waals surface area contributed by atoms with E-state index >= 15 is 0 Å². The Morgan fingerprint density at radius 1 is 1.21 bits per heavy atom. The first-order chi connectivity index (χ1) is 10.9. The molecule has 0 aromatic carbocycles. The highest BCUT2D eigenvalue weighted by molar-refractivity contribution is 6.48. The van der Waals surface area contributed by atoms with Crippen molar-refractivity contribution >= 4 is 13.2 Å². The van der Waals surface area contributed by atoms with E-state index in [1.165, 1.54) is 12.8 Å². The van der Waals surface area contributed by atoms with Gasteiger partial charge in [0.1, 0.15) is 5.60 Å². The van der Waals surface area contributed by atoms with Gasteiger partial charge in [0.25, 0.3) is 0 Å². The van der Waals surface area contributed by atoms with Gasteiger partial charge in [0.05, 0.1) is 11.2 Å². The number of likely N-dealkylation sites (tertiary alicyclic amines) is 1. The standard InChI is InChI=1S/C18H32BNO4/c1-12(13-8-9-13)18(7)17(5,6)23-19(24-18)14-10-20(11-14)15(21)22-16(2,3)4/h12-14H,8-11H2,1-7H3. The predicted molar refractivity (Wildman–Crippen MR) is 93.9 cm³/mol. The molecule has 3 rings (SSSR count). The van der Waals surface area contributed by atoms with E-state index in [2.05, 4.69) is 27.7 Å². The van der Waals surface area contributed by atoms with E-state index in [0.717, 1.165) is 5.92 Å². The minimum Gasteiger partial charge on any atom is -0.444 e. The molecule has 3 fully saturated rings. The number of hydrogen-bond acceptors (Lipinski definition) is 4. The SMILES string of the molecule is CC(C1CC1)C1(C)OB(C2CN(C(=O)OC(C)(C)C)C2)OC1(C)C. The van der Waals surface area contributed by atoms with Gasteiger partial charge >= 0.3 is 13.2 Å². The van der Waals surface area contributed by atoms with Gasteiger partial charge in [-0.25, -0.2) is 4.79 Å². The highest BCUT2D eigenvalue weighted by atomic mass is 16.7. The van der Waals surface area contributed by atoms with Crippen LogP contribution in [0.4, 0.5) is 4.79 Å². The molecule has 2 unspecified atom stereocenters. The fraction of sp³-hybridized carbons (Fsp3) is 0.944. The summed E-state index contributed by atoms with van der Waals surface area (Å²) in [4.78, 5) is 13.8. The lowest BCUT2D eigenvalue weighted by Gasteiger charge is -2.42. The Kier molecular flexibility index (Phi) is 4.24. The molecular formula is C18H32BNO4. The van der Waals surface area contributed by atoms with Crippen molar-refractivity contribution in [2.75, 3.05) is 13.1 Å². The number of amides is 1. The second kappa shape index (κ2) is 5.63. The van der Waals surface area contributed by atoms with Crippen molar-refractivity contribution in [3.63, 3.8) is 0 Å². The smallest absolute Gasteiger partial charge is 0.444 e. The molecular weight excluding hydrogens is 305 g/mol. The van der Waals surface area contributed by atoms with Crippen molar-refractivity contribution in [1.82, 2.24) is 4.90 Å². The van der Waals surface area contributed by atoms with E-state index in [1.807, 2.05) is 20.8 Å². The van der Waals surface area contributed by atoms with Crippen LogP contribution in [0, 0.1) is 11.8 Å². The predicted octanol–water partition coefficient (Wildman–Crippen LogP) is 3.73. The van der Waals surface area contributed by atoms with Crippen LogP contribution in [0.2, 0.25) is 5.82 Å². The molecule has 2 saturated heterocycles. The molecule has 24 heavy (non-hydrogen) atoms. The zero-order valence-electron chi connectivity index (χ0n) is 16.2. The molecule has 2 atom stereocenters. The Morgan fingerprint density at radius 2 is 1.79 bits per heavy atom. The number of carbonyl (C=O) groups is 1. The van der Waals surface area contributed by atoms with Crippen molar-refractivity contribution in [3.8, 4) is 0 Å². The Hall–Kier alpha value is -0.745. The summed E-state index contributed by atoms with van der Waals surface area (Å²) in [7, 11) is -0.232. The summed E-state index contributed by atoms with van der Waals surface area (Å²) in [5.74, 6) is 1.47. The van der Waals surface area contributed by atoms with Gasteiger partial charge in [-0.15, -0.1) is 0 Å². The third kappa shape index (κ3) is 3.19. The van der Waals surface area contributed by atoms with Crippen LogP contribution in [-0.2, 0) is 14.0 Å². The average molecular weight is 337 g/mol. The van der Waals surface area contributed by atoms with Gasteiger partial charge in [-0.05, 0) is 66.2 Å². The molecule has 0 aromatic heterocycles. The molecule has 6 heteroatoms. The maximum Gasteiger partial charge on any atom is 0.464 e. The van der Waals surface area contributed by atoms with Crippen LogP contribution < -0.4 is 0 Å². The number of nitrogens with zero attached hydrogens (tertiary/aromatic N) is 1. The second-order valence-electron chi connectivity index (χ2n) is 9.49. The van der Waals surface area contributed by atoms with E-state index in [-0.39, 0.29) is 30.2 Å². The zero-order valence-corrected chi connectivity index (χ0v) is 16.2. The summed E-state index contributed by atoms with van der Waals surface area (Å²) < 4.78 is 18.2. The molecule has 2 aliphatic heterocycles. The van der Waals surface area contributed by atoms with E-state index in [4.69, 9.17) is 14.0 Å². The fourth-order valence-electron chi connectivity index (χ4n) is 3.87. The molecule has 1 amide bonds. The fourth-order valence-corrected chi connectivity index (χ4v) is 3.87. The first kappa shape index (κ1) is 18.1. The van der Waals surface area contributed by atoms with Crippen molar-refractivity contribution in [2.24, 2.45) is 11.8 Å².